The number of fused-ring (bicyclic) bond motifs is 1. The first-order chi connectivity index (χ1) is 10.7. The fourth-order valence-corrected chi connectivity index (χ4v) is 3.37. The SMILES string of the molecule is O=C(CCC(=O)c1ccc2c(c1)CCC2)NCC1CCCN1. The Morgan fingerprint density at radius 1 is 1.14 bits per heavy atom. The Balaban J connectivity index is 1.44. The number of nitrogens with one attached hydrogen (secondary N) is 2. The molecule has 1 aliphatic heterocycles. The maximum atomic E-state index is 12.2. The Hall–Kier alpha value is -1.68. The second-order valence-corrected chi connectivity index (χ2v) is 6.36. The minimum atomic E-state index is -0.0248. The van der Waals surface area contributed by atoms with Gasteiger partial charge in [0, 0.05) is 31.0 Å². The second-order valence-electron chi connectivity index (χ2n) is 6.36. The first kappa shape index (κ1) is 15.2. The standard InChI is InChI=1S/C18H24N2O2/c21-17(15-7-6-13-3-1-4-14(13)11-15)8-9-18(22)20-12-16-5-2-10-19-16/h6-7,11,16,19H,1-5,8-10,12H2,(H,20,22). The summed E-state index contributed by atoms with van der Waals surface area (Å²) in [5.41, 5.74) is 3.44. The van der Waals surface area contributed by atoms with Crippen molar-refractivity contribution in [1.29, 1.82) is 0 Å². The smallest absolute Gasteiger partial charge is 0.220 e. The number of rotatable bonds is 6. The van der Waals surface area contributed by atoms with E-state index in [9.17, 15) is 9.59 Å². The van der Waals surface area contributed by atoms with Crippen LogP contribution in [0.1, 0.15) is 53.6 Å². The largest absolute Gasteiger partial charge is 0.355 e. The molecule has 1 unspecified atom stereocenters. The Labute approximate surface area is 131 Å². The summed E-state index contributed by atoms with van der Waals surface area (Å²) in [6.07, 6.45) is 6.26. The lowest BCUT2D eigenvalue weighted by molar-refractivity contribution is -0.121. The van der Waals surface area contributed by atoms with Crippen LogP contribution < -0.4 is 10.6 Å². The van der Waals surface area contributed by atoms with E-state index < -0.39 is 0 Å². The summed E-state index contributed by atoms with van der Waals surface area (Å²) < 4.78 is 0. The van der Waals surface area contributed by atoms with Gasteiger partial charge >= 0.3 is 0 Å². The zero-order chi connectivity index (χ0) is 15.4. The molecule has 1 atom stereocenters. The molecule has 4 heteroatoms. The van der Waals surface area contributed by atoms with Gasteiger partial charge in [0.05, 0.1) is 0 Å². The Bertz CT molecular complexity index is 562. The molecule has 1 fully saturated rings. The van der Waals surface area contributed by atoms with Gasteiger partial charge in [-0.3, -0.25) is 9.59 Å². The van der Waals surface area contributed by atoms with Crippen molar-refractivity contribution in [3.05, 3.63) is 34.9 Å². The summed E-state index contributed by atoms with van der Waals surface area (Å²) in [5, 5.41) is 6.26. The van der Waals surface area contributed by atoms with Crippen LogP contribution in [0, 0.1) is 0 Å². The minimum absolute atomic E-state index is 0.0248. The normalized spacial score (nSPS) is 19.9. The maximum Gasteiger partial charge on any atom is 0.220 e. The maximum absolute atomic E-state index is 12.2. The van der Waals surface area contributed by atoms with Crippen molar-refractivity contribution in [3.63, 3.8) is 0 Å². The van der Waals surface area contributed by atoms with Crippen LogP contribution in [0.3, 0.4) is 0 Å². The number of benzene rings is 1. The van der Waals surface area contributed by atoms with Gasteiger partial charge in [-0.05, 0) is 55.8 Å². The molecule has 2 aliphatic rings. The van der Waals surface area contributed by atoms with E-state index in [1.807, 2.05) is 12.1 Å². The van der Waals surface area contributed by atoms with Crippen molar-refractivity contribution in [1.82, 2.24) is 10.6 Å². The Kier molecular flexibility index (Phi) is 4.88. The molecule has 1 saturated heterocycles. The number of carbonyl (C=O) groups excluding carboxylic acids is 2. The predicted octanol–water partition coefficient (Wildman–Crippen LogP) is 2.01. The molecule has 1 heterocycles. The van der Waals surface area contributed by atoms with Crippen LogP contribution in [0.5, 0.6) is 0 Å². The molecule has 1 amide bonds. The van der Waals surface area contributed by atoms with Crippen molar-refractivity contribution in [3.8, 4) is 0 Å². The van der Waals surface area contributed by atoms with E-state index in [1.54, 1.807) is 0 Å². The summed E-state index contributed by atoms with van der Waals surface area (Å²) in [4.78, 5) is 24.0. The fraction of sp³-hybridized carbons (Fsp3) is 0.556. The Morgan fingerprint density at radius 3 is 2.82 bits per heavy atom. The van der Waals surface area contributed by atoms with E-state index in [2.05, 4.69) is 16.7 Å². The average Bonchev–Trinajstić information content (AvgIpc) is 3.20. The minimum Gasteiger partial charge on any atom is -0.355 e. The van der Waals surface area contributed by atoms with Crippen LogP contribution in [-0.2, 0) is 17.6 Å². The van der Waals surface area contributed by atoms with Crippen molar-refractivity contribution in [2.24, 2.45) is 0 Å². The third-order valence-electron chi connectivity index (χ3n) is 4.71. The summed E-state index contributed by atoms with van der Waals surface area (Å²) in [7, 11) is 0. The summed E-state index contributed by atoms with van der Waals surface area (Å²) in [5.74, 6) is 0.0482. The van der Waals surface area contributed by atoms with Gasteiger partial charge in [0.2, 0.25) is 5.91 Å². The highest BCUT2D eigenvalue weighted by Crippen LogP contribution is 2.23. The topological polar surface area (TPSA) is 58.2 Å². The number of hydrogen-bond donors (Lipinski definition) is 2. The molecule has 1 aromatic carbocycles. The molecule has 0 radical (unpaired) electrons. The predicted molar refractivity (Wildman–Crippen MR) is 86.1 cm³/mol. The van der Waals surface area contributed by atoms with Crippen molar-refractivity contribution < 1.29 is 9.59 Å². The zero-order valence-electron chi connectivity index (χ0n) is 13.0. The van der Waals surface area contributed by atoms with E-state index in [1.165, 1.54) is 24.0 Å². The number of aryl methyl sites for hydroxylation is 2. The number of Topliss-reactive ketones (excluding diaryl/α,β-unsaturated/α-hetero) is 1. The van der Waals surface area contributed by atoms with Gasteiger partial charge in [-0.1, -0.05) is 12.1 Å². The number of carbonyl (C=O) groups is 2. The van der Waals surface area contributed by atoms with E-state index in [0.29, 0.717) is 19.0 Å². The molecule has 1 aliphatic carbocycles. The third kappa shape index (κ3) is 3.74. The molecule has 4 nitrogen and oxygen atoms in total. The molecule has 2 N–H and O–H groups in total. The van der Waals surface area contributed by atoms with Crippen molar-refractivity contribution in [2.75, 3.05) is 13.1 Å². The van der Waals surface area contributed by atoms with Crippen LogP contribution in [0.2, 0.25) is 0 Å². The van der Waals surface area contributed by atoms with E-state index >= 15 is 0 Å². The number of hydrogen-bond acceptors (Lipinski definition) is 3. The zero-order valence-corrected chi connectivity index (χ0v) is 13.0. The lowest BCUT2D eigenvalue weighted by Crippen LogP contribution is -2.37. The van der Waals surface area contributed by atoms with Crippen LogP contribution in [0.25, 0.3) is 0 Å². The molecule has 0 spiro atoms. The lowest BCUT2D eigenvalue weighted by Gasteiger charge is -2.11. The molecule has 0 aromatic heterocycles. The van der Waals surface area contributed by atoms with E-state index in [0.717, 1.165) is 31.4 Å². The molecular weight excluding hydrogens is 276 g/mol. The van der Waals surface area contributed by atoms with Gasteiger partial charge in [-0.25, -0.2) is 0 Å². The molecule has 3 rings (SSSR count). The molecule has 0 bridgehead atoms. The van der Waals surface area contributed by atoms with E-state index in [-0.39, 0.29) is 18.1 Å². The van der Waals surface area contributed by atoms with Gasteiger partial charge < -0.3 is 10.6 Å². The first-order valence-corrected chi connectivity index (χ1v) is 8.37. The highest BCUT2D eigenvalue weighted by Gasteiger charge is 2.16. The molecule has 0 saturated carbocycles. The molecule has 118 valence electrons. The second kappa shape index (κ2) is 7.05. The van der Waals surface area contributed by atoms with Crippen LogP contribution in [0.4, 0.5) is 0 Å². The first-order valence-electron chi connectivity index (χ1n) is 8.37. The quantitative estimate of drug-likeness (QED) is 0.790. The van der Waals surface area contributed by atoms with Crippen LogP contribution in [0.15, 0.2) is 18.2 Å². The summed E-state index contributed by atoms with van der Waals surface area (Å²) in [6.45, 7) is 1.71. The molecule has 22 heavy (non-hydrogen) atoms. The van der Waals surface area contributed by atoms with Crippen LogP contribution in [-0.4, -0.2) is 30.8 Å². The van der Waals surface area contributed by atoms with Gasteiger partial charge in [0.15, 0.2) is 5.78 Å². The van der Waals surface area contributed by atoms with Crippen molar-refractivity contribution in [2.45, 2.75) is 51.0 Å². The summed E-state index contributed by atoms with van der Waals surface area (Å²) >= 11 is 0. The highest BCUT2D eigenvalue weighted by molar-refractivity contribution is 5.98. The third-order valence-corrected chi connectivity index (χ3v) is 4.71. The van der Waals surface area contributed by atoms with Gasteiger partial charge in [0.1, 0.15) is 0 Å². The fourth-order valence-electron chi connectivity index (χ4n) is 3.37. The Morgan fingerprint density at radius 2 is 2.00 bits per heavy atom. The van der Waals surface area contributed by atoms with Gasteiger partial charge in [0.25, 0.3) is 0 Å². The van der Waals surface area contributed by atoms with Crippen LogP contribution >= 0.6 is 0 Å². The summed E-state index contributed by atoms with van der Waals surface area (Å²) in [6, 6.07) is 6.40. The van der Waals surface area contributed by atoms with Gasteiger partial charge in [-0.15, -0.1) is 0 Å². The number of amides is 1. The monoisotopic (exact) mass is 300 g/mol. The average molecular weight is 300 g/mol. The number of ketones is 1. The molecule has 1 aromatic rings. The molecular formula is C18H24N2O2. The van der Waals surface area contributed by atoms with Crippen molar-refractivity contribution >= 4 is 11.7 Å². The van der Waals surface area contributed by atoms with Gasteiger partial charge in [-0.2, -0.15) is 0 Å². The highest BCUT2D eigenvalue weighted by atomic mass is 16.2. The lowest BCUT2D eigenvalue weighted by atomic mass is 10.0. The van der Waals surface area contributed by atoms with E-state index in [4.69, 9.17) is 0 Å².